The van der Waals surface area contributed by atoms with Gasteiger partial charge in [0.2, 0.25) is 0 Å². The number of rotatable bonds is 5. The lowest BCUT2D eigenvalue weighted by molar-refractivity contribution is 0.345. The van der Waals surface area contributed by atoms with Crippen molar-refractivity contribution in [2.75, 3.05) is 18.1 Å². The Morgan fingerprint density at radius 2 is 2.11 bits per heavy atom. The topological polar surface area (TPSA) is 35.8 Å². The van der Waals surface area contributed by atoms with Gasteiger partial charge in [-0.2, -0.15) is 5.26 Å². The minimum atomic E-state index is 0.790. The third-order valence-electron chi connectivity index (χ3n) is 3.95. The van der Waals surface area contributed by atoms with Gasteiger partial charge in [-0.1, -0.05) is 38.2 Å². The standard InChI is InChI=1S/C16H22N2S/c1-19-16-9-5-8-15(14(16)12-17)18-11-10-13-6-3-2-4-7-13/h5,8-9,13,18H,2-4,6-7,10-11H2,1H3. The van der Waals surface area contributed by atoms with Crippen LogP contribution in [0.25, 0.3) is 0 Å². The number of benzene rings is 1. The SMILES string of the molecule is CSc1cccc(NCCC2CCCCC2)c1C#N. The van der Waals surface area contributed by atoms with Gasteiger partial charge in [0.25, 0.3) is 0 Å². The van der Waals surface area contributed by atoms with E-state index in [0.29, 0.717) is 0 Å². The molecule has 0 amide bonds. The van der Waals surface area contributed by atoms with E-state index in [2.05, 4.69) is 11.4 Å². The molecule has 0 aromatic heterocycles. The van der Waals surface area contributed by atoms with Crippen molar-refractivity contribution in [3.63, 3.8) is 0 Å². The summed E-state index contributed by atoms with van der Waals surface area (Å²) in [6, 6.07) is 8.37. The zero-order chi connectivity index (χ0) is 13.5. The predicted octanol–water partition coefficient (Wildman–Crippen LogP) is 4.66. The maximum absolute atomic E-state index is 9.28. The molecule has 2 rings (SSSR count). The average molecular weight is 274 g/mol. The Hall–Kier alpha value is -1.14. The Morgan fingerprint density at radius 1 is 1.32 bits per heavy atom. The molecule has 1 aliphatic rings. The highest BCUT2D eigenvalue weighted by molar-refractivity contribution is 7.98. The fraction of sp³-hybridized carbons (Fsp3) is 0.562. The summed E-state index contributed by atoms with van der Waals surface area (Å²) in [6.07, 6.45) is 10.2. The van der Waals surface area contributed by atoms with E-state index >= 15 is 0 Å². The van der Waals surface area contributed by atoms with Crippen LogP contribution < -0.4 is 5.32 Å². The zero-order valence-electron chi connectivity index (χ0n) is 11.6. The minimum absolute atomic E-state index is 0.790. The highest BCUT2D eigenvalue weighted by atomic mass is 32.2. The second-order valence-electron chi connectivity index (χ2n) is 5.21. The molecule has 1 aromatic carbocycles. The Labute approximate surface area is 120 Å². The molecule has 0 saturated heterocycles. The van der Waals surface area contributed by atoms with E-state index in [1.54, 1.807) is 11.8 Å². The summed E-state index contributed by atoms with van der Waals surface area (Å²) < 4.78 is 0. The number of nitrogens with one attached hydrogen (secondary N) is 1. The molecule has 1 N–H and O–H groups in total. The molecule has 1 fully saturated rings. The highest BCUT2D eigenvalue weighted by Gasteiger charge is 2.13. The largest absolute Gasteiger partial charge is 0.384 e. The van der Waals surface area contributed by atoms with E-state index < -0.39 is 0 Å². The molecule has 0 unspecified atom stereocenters. The number of nitriles is 1. The van der Waals surface area contributed by atoms with Crippen LogP contribution in [0.3, 0.4) is 0 Å². The fourth-order valence-corrected chi connectivity index (χ4v) is 3.43. The van der Waals surface area contributed by atoms with Gasteiger partial charge >= 0.3 is 0 Å². The molecule has 102 valence electrons. The van der Waals surface area contributed by atoms with Crippen LogP contribution in [0, 0.1) is 17.2 Å². The lowest BCUT2D eigenvalue weighted by Crippen LogP contribution is -2.12. The van der Waals surface area contributed by atoms with Gasteiger partial charge in [0.1, 0.15) is 6.07 Å². The van der Waals surface area contributed by atoms with Crippen LogP contribution in [-0.4, -0.2) is 12.8 Å². The summed E-state index contributed by atoms with van der Waals surface area (Å²) >= 11 is 1.63. The molecule has 0 spiro atoms. The summed E-state index contributed by atoms with van der Waals surface area (Å²) in [5.74, 6) is 0.885. The molecule has 0 atom stereocenters. The maximum Gasteiger partial charge on any atom is 0.102 e. The fourth-order valence-electron chi connectivity index (χ4n) is 2.85. The van der Waals surface area contributed by atoms with Gasteiger partial charge in [-0.05, 0) is 30.7 Å². The normalized spacial score (nSPS) is 16.0. The van der Waals surface area contributed by atoms with Crippen LogP contribution in [0.1, 0.15) is 44.1 Å². The molecule has 0 heterocycles. The Bertz CT molecular complexity index is 445. The van der Waals surface area contributed by atoms with Crippen molar-refractivity contribution in [1.29, 1.82) is 5.26 Å². The van der Waals surface area contributed by atoms with Crippen molar-refractivity contribution >= 4 is 17.4 Å². The molecule has 2 nitrogen and oxygen atoms in total. The molecule has 1 aromatic rings. The Morgan fingerprint density at radius 3 is 2.79 bits per heavy atom. The van der Waals surface area contributed by atoms with E-state index in [1.807, 2.05) is 24.5 Å². The summed E-state index contributed by atoms with van der Waals surface area (Å²) in [6.45, 7) is 0.983. The first-order chi connectivity index (χ1) is 9.35. The molecular weight excluding hydrogens is 252 g/mol. The third kappa shape index (κ3) is 3.91. The quantitative estimate of drug-likeness (QED) is 0.793. The second kappa shape index (κ2) is 7.45. The number of hydrogen-bond donors (Lipinski definition) is 1. The van der Waals surface area contributed by atoms with Crippen LogP contribution in [-0.2, 0) is 0 Å². The Balaban J connectivity index is 1.90. The highest BCUT2D eigenvalue weighted by Crippen LogP contribution is 2.28. The molecule has 1 saturated carbocycles. The molecule has 3 heteroatoms. The minimum Gasteiger partial charge on any atom is -0.384 e. The van der Waals surface area contributed by atoms with Crippen LogP contribution in [0.2, 0.25) is 0 Å². The van der Waals surface area contributed by atoms with Gasteiger partial charge in [0, 0.05) is 11.4 Å². The first-order valence-corrected chi connectivity index (χ1v) is 8.38. The number of anilines is 1. The van der Waals surface area contributed by atoms with Crippen molar-refractivity contribution in [1.82, 2.24) is 0 Å². The number of thioether (sulfide) groups is 1. The smallest absolute Gasteiger partial charge is 0.102 e. The summed E-state index contributed by atoms with van der Waals surface area (Å²) in [4.78, 5) is 1.06. The lowest BCUT2D eigenvalue weighted by Gasteiger charge is -2.21. The number of hydrogen-bond acceptors (Lipinski definition) is 3. The monoisotopic (exact) mass is 274 g/mol. The van der Waals surface area contributed by atoms with Gasteiger partial charge in [0.05, 0.1) is 11.3 Å². The van der Waals surface area contributed by atoms with Gasteiger partial charge in [-0.15, -0.1) is 11.8 Å². The van der Waals surface area contributed by atoms with Crippen molar-refractivity contribution in [3.05, 3.63) is 23.8 Å². The van der Waals surface area contributed by atoms with E-state index in [1.165, 1.54) is 38.5 Å². The van der Waals surface area contributed by atoms with Crippen LogP contribution in [0.4, 0.5) is 5.69 Å². The predicted molar refractivity (Wildman–Crippen MR) is 82.6 cm³/mol. The third-order valence-corrected chi connectivity index (χ3v) is 4.73. The summed E-state index contributed by atoms with van der Waals surface area (Å²) in [7, 11) is 0. The van der Waals surface area contributed by atoms with Crippen molar-refractivity contribution in [3.8, 4) is 6.07 Å². The Kier molecular flexibility index (Phi) is 5.60. The van der Waals surface area contributed by atoms with Crippen molar-refractivity contribution in [2.45, 2.75) is 43.4 Å². The molecule has 0 aliphatic heterocycles. The van der Waals surface area contributed by atoms with Crippen LogP contribution in [0.15, 0.2) is 23.1 Å². The first-order valence-electron chi connectivity index (χ1n) is 7.16. The van der Waals surface area contributed by atoms with Gasteiger partial charge in [-0.3, -0.25) is 0 Å². The van der Waals surface area contributed by atoms with Gasteiger partial charge in [-0.25, -0.2) is 0 Å². The summed E-state index contributed by atoms with van der Waals surface area (Å²) in [5.41, 5.74) is 1.78. The molecular formula is C16H22N2S. The molecule has 0 radical (unpaired) electrons. The van der Waals surface area contributed by atoms with E-state index in [4.69, 9.17) is 0 Å². The van der Waals surface area contributed by atoms with E-state index in [0.717, 1.165) is 28.6 Å². The van der Waals surface area contributed by atoms with Crippen molar-refractivity contribution < 1.29 is 0 Å². The van der Waals surface area contributed by atoms with E-state index in [-0.39, 0.29) is 0 Å². The van der Waals surface area contributed by atoms with Crippen molar-refractivity contribution in [2.24, 2.45) is 5.92 Å². The average Bonchev–Trinajstić information content (AvgIpc) is 2.48. The van der Waals surface area contributed by atoms with E-state index in [9.17, 15) is 5.26 Å². The first kappa shape index (κ1) is 14.3. The molecule has 1 aliphatic carbocycles. The van der Waals surface area contributed by atoms with Gasteiger partial charge in [0.15, 0.2) is 0 Å². The van der Waals surface area contributed by atoms with Crippen LogP contribution >= 0.6 is 11.8 Å². The maximum atomic E-state index is 9.28. The van der Waals surface area contributed by atoms with Crippen LogP contribution in [0.5, 0.6) is 0 Å². The summed E-state index contributed by atoms with van der Waals surface area (Å²) in [5, 5.41) is 12.7. The molecule has 19 heavy (non-hydrogen) atoms. The second-order valence-corrected chi connectivity index (χ2v) is 6.06. The van der Waals surface area contributed by atoms with Gasteiger partial charge < -0.3 is 5.32 Å². The lowest BCUT2D eigenvalue weighted by atomic mass is 9.87. The zero-order valence-corrected chi connectivity index (χ0v) is 12.4. The number of nitrogens with zero attached hydrogens (tertiary/aromatic N) is 1. The molecule has 0 bridgehead atoms.